The number of H-pyrrole nitrogens is 1. The first kappa shape index (κ1) is 14.8. The number of aromatic amines is 1. The number of fused-ring (bicyclic) bond motifs is 1. The number of para-hydroxylation sites is 3. The first-order valence-corrected chi connectivity index (χ1v) is 8.10. The maximum atomic E-state index is 5.76. The standard InChI is InChI=1S/C17H18N2O2S/c1-12-6-5-7-13-16(12)19-17(18-13)22-11-10-21-15-9-4-3-8-14(15)20-2/h3-9H,10-11H2,1-2H3,(H,18,19). The van der Waals surface area contributed by atoms with Crippen molar-refractivity contribution in [1.82, 2.24) is 9.97 Å². The van der Waals surface area contributed by atoms with E-state index in [1.807, 2.05) is 36.4 Å². The molecule has 2 aromatic carbocycles. The number of methoxy groups -OCH3 is 1. The second kappa shape index (κ2) is 6.75. The van der Waals surface area contributed by atoms with E-state index in [2.05, 4.69) is 23.0 Å². The van der Waals surface area contributed by atoms with Gasteiger partial charge in [-0.15, -0.1) is 0 Å². The van der Waals surface area contributed by atoms with Crippen molar-refractivity contribution < 1.29 is 9.47 Å². The van der Waals surface area contributed by atoms with Gasteiger partial charge in [0.1, 0.15) is 0 Å². The summed E-state index contributed by atoms with van der Waals surface area (Å²) >= 11 is 1.66. The van der Waals surface area contributed by atoms with Crippen LogP contribution in [0.3, 0.4) is 0 Å². The number of nitrogens with one attached hydrogen (secondary N) is 1. The molecule has 4 nitrogen and oxygen atoms in total. The minimum Gasteiger partial charge on any atom is -0.493 e. The molecule has 114 valence electrons. The lowest BCUT2D eigenvalue weighted by molar-refractivity contribution is 0.313. The number of hydrogen-bond acceptors (Lipinski definition) is 4. The molecule has 0 spiro atoms. The summed E-state index contributed by atoms with van der Waals surface area (Å²) in [7, 11) is 1.65. The van der Waals surface area contributed by atoms with Gasteiger partial charge in [-0.25, -0.2) is 4.98 Å². The summed E-state index contributed by atoms with van der Waals surface area (Å²) in [6.07, 6.45) is 0. The molecule has 22 heavy (non-hydrogen) atoms. The number of benzene rings is 2. The van der Waals surface area contributed by atoms with Crippen LogP contribution in [0.15, 0.2) is 47.6 Å². The Morgan fingerprint density at radius 1 is 1.09 bits per heavy atom. The Hall–Kier alpha value is -2.14. The largest absolute Gasteiger partial charge is 0.493 e. The molecule has 1 heterocycles. The Labute approximate surface area is 133 Å². The monoisotopic (exact) mass is 314 g/mol. The van der Waals surface area contributed by atoms with E-state index in [1.165, 1.54) is 5.56 Å². The van der Waals surface area contributed by atoms with Gasteiger partial charge in [-0.05, 0) is 30.7 Å². The first-order chi connectivity index (χ1) is 10.8. The zero-order chi connectivity index (χ0) is 15.4. The number of hydrogen-bond donors (Lipinski definition) is 1. The molecule has 0 radical (unpaired) electrons. The third kappa shape index (κ3) is 3.20. The molecule has 0 bridgehead atoms. The molecule has 1 N–H and O–H groups in total. The average Bonchev–Trinajstić information content (AvgIpc) is 2.96. The number of aryl methyl sites for hydroxylation is 1. The summed E-state index contributed by atoms with van der Waals surface area (Å²) in [6, 6.07) is 13.8. The Kier molecular flexibility index (Phi) is 4.53. The molecule has 0 fully saturated rings. The molecule has 1 aromatic heterocycles. The van der Waals surface area contributed by atoms with E-state index in [4.69, 9.17) is 9.47 Å². The quantitative estimate of drug-likeness (QED) is 0.551. The third-order valence-corrected chi connectivity index (χ3v) is 4.18. The highest BCUT2D eigenvalue weighted by Crippen LogP contribution is 2.26. The van der Waals surface area contributed by atoms with E-state index >= 15 is 0 Å². The molecule has 0 aliphatic rings. The fourth-order valence-corrected chi connectivity index (χ4v) is 2.95. The molecule has 3 rings (SSSR count). The summed E-state index contributed by atoms with van der Waals surface area (Å²) in [5.74, 6) is 2.34. The molecular weight excluding hydrogens is 296 g/mol. The fraction of sp³-hybridized carbons (Fsp3) is 0.235. The summed E-state index contributed by atoms with van der Waals surface area (Å²) in [5.41, 5.74) is 3.30. The lowest BCUT2D eigenvalue weighted by atomic mass is 10.2. The van der Waals surface area contributed by atoms with Crippen molar-refractivity contribution >= 4 is 22.8 Å². The van der Waals surface area contributed by atoms with Crippen molar-refractivity contribution in [3.05, 3.63) is 48.0 Å². The van der Waals surface area contributed by atoms with E-state index in [-0.39, 0.29) is 0 Å². The summed E-state index contributed by atoms with van der Waals surface area (Å²) < 4.78 is 11.0. The predicted octanol–water partition coefficient (Wildman–Crippen LogP) is 4.05. The highest BCUT2D eigenvalue weighted by Gasteiger charge is 2.06. The van der Waals surface area contributed by atoms with Crippen LogP contribution in [0.5, 0.6) is 11.5 Å². The average molecular weight is 314 g/mol. The predicted molar refractivity (Wildman–Crippen MR) is 90.0 cm³/mol. The van der Waals surface area contributed by atoms with Gasteiger partial charge in [0.15, 0.2) is 16.7 Å². The molecule has 0 amide bonds. The summed E-state index contributed by atoms with van der Waals surface area (Å²) in [6.45, 7) is 2.67. The molecule has 5 heteroatoms. The second-order valence-corrected chi connectivity index (χ2v) is 5.94. The molecule has 0 unspecified atom stereocenters. The van der Waals surface area contributed by atoms with Crippen LogP contribution in [0.1, 0.15) is 5.56 Å². The first-order valence-electron chi connectivity index (χ1n) is 7.12. The topological polar surface area (TPSA) is 47.1 Å². The van der Waals surface area contributed by atoms with Crippen molar-refractivity contribution in [2.24, 2.45) is 0 Å². The smallest absolute Gasteiger partial charge is 0.166 e. The van der Waals surface area contributed by atoms with Crippen LogP contribution in [0.4, 0.5) is 0 Å². The number of imidazole rings is 1. The van der Waals surface area contributed by atoms with Gasteiger partial charge in [0, 0.05) is 5.75 Å². The molecule has 0 saturated heterocycles. The van der Waals surface area contributed by atoms with Crippen LogP contribution in [0, 0.1) is 6.92 Å². The third-order valence-electron chi connectivity index (χ3n) is 3.34. The second-order valence-electron chi connectivity index (χ2n) is 4.86. The normalized spacial score (nSPS) is 10.8. The number of ether oxygens (including phenoxy) is 2. The van der Waals surface area contributed by atoms with Gasteiger partial charge < -0.3 is 14.5 Å². The Bertz CT molecular complexity index is 770. The minimum atomic E-state index is 0.598. The van der Waals surface area contributed by atoms with Crippen molar-refractivity contribution in [1.29, 1.82) is 0 Å². The van der Waals surface area contributed by atoms with E-state index in [9.17, 15) is 0 Å². The molecule has 0 atom stereocenters. The maximum Gasteiger partial charge on any atom is 0.166 e. The van der Waals surface area contributed by atoms with Gasteiger partial charge in [0.2, 0.25) is 0 Å². The van der Waals surface area contributed by atoms with Crippen LogP contribution >= 0.6 is 11.8 Å². The van der Waals surface area contributed by atoms with Gasteiger partial charge in [-0.3, -0.25) is 0 Å². The van der Waals surface area contributed by atoms with Crippen molar-refractivity contribution in [3.8, 4) is 11.5 Å². The van der Waals surface area contributed by atoms with E-state index in [0.717, 1.165) is 33.4 Å². The van der Waals surface area contributed by atoms with Crippen molar-refractivity contribution in [2.75, 3.05) is 19.5 Å². The van der Waals surface area contributed by atoms with Crippen LogP contribution in [0.2, 0.25) is 0 Å². The number of rotatable bonds is 6. The maximum absolute atomic E-state index is 5.76. The summed E-state index contributed by atoms with van der Waals surface area (Å²) in [5, 5.41) is 0.924. The minimum absolute atomic E-state index is 0.598. The molecule has 0 aliphatic carbocycles. The number of thioether (sulfide) groups is 1. The highest BCUT2D eigenvalue weighted by atomic mass is 32.2. The van der Waals surface area contributed by atoms with Gasteiger partial charge in [-0.1, -0.05) is 36.0 Å². The fourth-order valence-electron chi connectivity index (χ4n) is 2.25. The Morgan fingerprint density at radius 3 is 2.68 bits per heavy atom. The SMILES string of the molecule is COc1ccccc1OCCSc1nc2c(C)cccc2[nH]1. The van der Waals surface area contributed by atoms with Crippen LogP contribution in [-0.4, -0.2) is 29.4 Å². The number of aromatic nitrogens is 2. The van der Waals surface area contributed by atoms with E-state index < -0.39 is 0 Å². The zero-order valence-electron chi connectivity index (χ0n) is 12.6. The molecule has 3 aromatic rings. The molecule has 0 aliphatic heterocycles. The van der Waals surface area contributed by atoms with Crippen LogP contribution < -0.4 is 9.47 Å². The van der Waals surface area contributed by atoms with Gasteiger partial charge in [0.05, 0.1) is 24.8 Å². The molecule has 0 saturated carbocycles. The summed E-state index contributed by atoms with van der Waals surface area (Å²) in [4.78, 5) is 7.95. The van der Waals surface area contributed by atoms with Gasteiger partial charge in [-0.2, -0.15) is 0 Å². The van der Waals surface area contributed by atoms with Crippen molar-refractivity contribution in [3.63, 3.8) is 0 Å². The molecular formula is C17H18N2O2S. The lowest BCUT2D eigenvalue weighted by Crippen LogP contribution is -2.01. The van der Waals surface area contributed by atoms with Crippen LogP contribution in [0.25, 0.3) is 11.0 Å². The lowest BCUT2D eigenvalue weighted by Gasteiger charge is -2.09. The zero-order valence-corrected chi connectivity index (χ0v) is 13.4. The van der Waals surface area contributed by atoms with Crippen molar-refractivity contribution in [2.45, 2.75) is 12.1 Å². The van der Waals surface area contributed by atoms with Crippen LogP contribution in [-0.2, 0) is 0 Å². The highest BCUT2D eigenvalue weighted by molar-refractivity contribution is 7.99. The van der Waals surface area contributed by atoms with Gasteiger partial charge in [0.25, 0.3) is 0 Å². The Balaban J connectivity index is 1.57. The Morgan fingerprint density at radius 2 is 1.91 bits per heavy atom. The number of nitrogens with zero attached hydrogens (tertiary/aromatic N) is 1. The van der Waals surface area contributed by atoms with E-state index in [1.54, 1.807) is 18.9 Å². The van der Waals surface area contributed by atoms with E-state index in [0.29, 0.717) is 6.61 Å². The van der Waals surface area contributed by atoms with Gasteiger partial charge >= 0.3 is 0 Å².